The van der Waals surface area contributed by atoms with Crippen molar-refractivity contribution < 1.29 is 9.90 Å². The molecule has 0 radical (unpaired) electrons. The molecule has 3 aromatic rings. The van der Waals surface area contributed by atoms with Crippen molar-refractivity contribution in [2.75, 3.05) is 5.32 Å². The number of nitrogens with one attached hydrogen (secondary N) is 1. The van der Waals surface area contributed by atoms with E-state index in [0.29, 0.717) is 11.5 Å². The molecule has 0 aliphatic heterocycles. The van der Waals surface area contributed by atoms with Crippen LogP contribution in [0.25, 0.3) is 10.2 Å². The summed E-state index contributed by atoms with van der Waals surface area (Å²) in [5.74, 6) is -0.260. The molecule has 2 N–H and O–H groups in total. The molecule has 5 nitrogen and oxygen atoms in total. The number of carboxylic acids is 1. The number of benzene rings is 1. The standard InChI is InChI=1S/C14H11N3O2S/c1-8-6-20-12-11(8)15-7-16-13(12)17-10-4-2-3-9(5-10)14(18)19/h2-7H,1H3,(H,18,19)(H,15,16,17). The van der Waals surface area contributed by atoms with Gasteiger partial charge in [-0.1, -0.05) is 6.07 Å². The summed E-state index contributed by atoms with van der Waals surface area (Å²) in [7, 11) is 0. The van der Waals surface area contributed by atoms with Crippen LogP contribution < -0.4 is 5.32 Å². The fraction of sp³-hybridized carbons (Fsp3) is 0.0714. The molecule has 0 saturated carbocycles. The number of aryl methyl sites for hydroxylation is 1. The van der Waals surface area contributed by atoms with Crippen LogP contribution in [0.2, 0.25) is 0 Å². The number of carboxylic acid groups (broad SMARTS) is 1. The number of anilines is 2. The van der Waals surface area contributed by atoms with E-state index >= 15 is 0 Å². The Morgan fingerprint density at radius 2 is 2.20 bits per heavy atom. The summed E-state index contributed by atoms with van der Waals surface area (Å²) in [6.45, 7) is 2.00. The average molecular weight is 285 g/mol. The maximum atomic E-state index is 11.0. The van der Waals surface area contributed by atoms with Crippen molar-refractivity contribution in [3.05, 3.63) is 47.1 Å². The first-order valence-corrected chi connectivity index (χ1v) is 6.82. The highest BCUT2D eigenvalue weighted by molar-refractivity contribution is 7.18. The quantitative estimate of drug-likeness (QED) is 0.771. The zero-order valence-electron chi connectivity index (χ0n) is 10.6. The van der Waals surface area contributed by atoms with Crippen LogP contribution in [-0.4, -0.2) is 21.0 Å². The summed E-state index contributed by atoms with van der Waals surface area (Å²) < 4.78 is 0.964. The van der Waals surface area contributed by atoms with E-state index < -0.39 is 5.97 Å². The minimum Gasteiger partial charge on any atom is -0.478 e. The van der Waals surface area contributed by atoms with Gasteiger partial charge in [-0.25, -0.2) is 14.8 Å². The second-order valence-electron chi connectivity index (χ2n) is 4.33. The third-order valence-electron chi connectivity index (χ3n) is 2.90. The molecule has 0 fully saturated rings. The van der Waals surface area contributed by atoms with Gasteiger partial charge in [-0.2, -0.15) is 0 Å². The SMILES string of the molecule is Cc1csc2c(Nc3cccc(C(=O)O)c3)ncnc12. The Morgan fingerprint density at radius 1 is 1.35 bits per heavy atom. The summed E-state index contributed by atoms with van der Waals surface area (Å²) in [5, 5.41) is 14.2. The molecule has 2 aromatic heterocycles. The van der Waals surface area contributed by atoms with Crippen LogP contribution in [0.15, 0.2) is 36.0 Å². The van der Waals surface area contributed by atoms with E-state index in [1.807, 2.05) is 12.3 Å². The fourth-order valence-electron chi connectivity index (χ4n) is 1.93. The Kier molecular flexibility index (Phi) is 3.08. The number of thiophene rings is 1. The molecule has 0 spiro atoms. The number of hydrogen-bond donors (Lipinski definition) is 2. The number of aromatic carboxylic acids is 1. The predicted octanol–water partition coefficient (Wildman–Crippen LogP) is 3.44. The second-order valence-corrected chi connectivity index (χ2v) is 5.21. The van der Waals surface area contributed by atoms with Crippen molar-refractivity contribution in [1.29, 1.82) is 0 Å². The van der Waals surface area contributed by atoms with Crippen molar-refractivity contribution in [2.45, 2.75) is 6.92 Å². The Balaban J connectivity index is 2.01. The summed E-state index contributed by atoms with van der Waals surface area (Å²) in [6, 6.07) is 6.64. The largest absolute Gasteiger partial charge is 0.478 e. The van der Waals surface area contributed by atoms with E-state index in [2.05, 4.69) is 15.3 Å². The first-order chi connectivity index (χ1) is 9.65. The van der Waals surface area contributed by atoms with E-state index in [1.165, 1.54) is 6.33 Å². The zero-order valence-corrected chi connectivity index (χ0v) is 11.4. The molecular weight excluding hydrogens is 274 g/mol. The lowest BCUT2D eigenvalue weighted by molar-refractivity contribution is 0.0697. The number of nitrogens with zero attached hydrogens (tertiary/aromatic N) is 2. The van der Waals surface area contributed by atoms with Crippen molar-refractivity contribution in [1.82, 2.24) is 9.97 Å². The summed E-state index contributed by atoms with van der Waals surface area (Å²) in [4.78, 5) is 19.5. The molecule has 0 saturated heterocycles. The normalized spacial score (nSPS) is 10.7. The molecule has 6 heteroatoms. The molecule has 20 heavy (non-hydrogen) atoms. The molecule has 2 heterocycles. The number of rotatable bonds is 3. The third kappa shape index (κ3) is 2.21. The van der Waals surface area contributed by atoms with Crippen molar-refractivity contribution in [3.63, 3.8) is 0 Å². The predicted molar refractivity (Wildman–Crippen MR) is 78.8 cm³/mol. The monoisotopic (exact) mass is 285 g/mol. The molecule has 0 aliphatic rings. The van der Waals surface area contributed by atoms with Crippen LogP contribution in [-0.2, 0) is 0 Å². The van der Waals surface area contributed by atoms with Gasteiger partial charge in [0.15, 0.2) is 5.82 Å². The number of hydrogen-bond acceptors (Lipinski definition) is 5. The molecule has 0 aliphatic carbocycles. The molecule has 0 amide bonds. The fourth-order valence-corrected chi connectivity index (χ4v) is 2.87. The lowest BCUT2D eigenvalue weighted by Gasteiger charge is -2.07. The highest BCUT2D eigenvalue weighted by Gasteiger charge is 2.09. The molecular formula is C14H11N3O2S. The number of aromatic nitrogens is 2. The van der Waals surface area contributed by atoms with E-state index in [4.69, 9.17) is 5.11 Å². The molecule has 3 rings (SSSR count). The molecule has 0 atom stereocenters. The van der Waals surface area contributed by atoms with E-state index in [9.17, 15) is 4.79 Å². The summed E-state index contributed by atoms with van der Waals surface area (Å²) >= 11 is 1.57. The van der Waals surface area contributed by atoms with Crippen molar-refractivity contribution in [2.24, 2.45) is 0 Å². The topological polar surface area (TPSA) is 75.1 Å². The highest BCUT2D eigenvalue weighted by Crippen LogP contribution is 2.30. The van der Waals surface area contributed by atoms with Crippen molar-refractivity contribution >= 4 is 39.0 Å². The first kappa shape index (κ1) is 12.6. The minimum absolute atomic E-state index is 0.239. The van der Waals surface area contributed by atoms with Crippen LogP contribution >= 0.6 is 11.3 Å². The Labute approximate surface area is 118 Å². The van der Waals surface area contributed by atoms with Crippen LogP contribution in [0.5, 0.6) is 0 Å². The minimum atomic E-state index is -0.951. The van der Waals surface area contributed by atoms with Gasteiger partial charge in [-0.05, 0) is 36.1 Å². The average Bonchev–Trinajstić information content (AvgIpc) is 2.82. The molecule has 1 aromatic carbocycles. The van der Waals surface area contributed by atoms with Gasteiger partial charge in [0.1, 0.15) is 6.33 Å². The van der Waals surface area contributed by atoms with E-state index in [-0.39, 0.29) is 5.56 Å². The first-order valence-electron chi connectivity index (χ1n) is 5.94. The maximum Gasteiger partial charge on any atom is 0.335 e. The number of carbonyl (C=O) groups is 1. The van der Waals surface area contributed by atoms with Crippen molar-refractivity contribution in [3.8, 4) is 0 Å². The van der Waals surface area contributed by atoms with Crippen LogP contribution in [0.1, 0.15) is 15.9 Å². The van der Waals surface area contributed by atoms with Gasteiger partial charge in [0, 0.05) is 5.69 Å². The van der Waals surface area contributed by atoms with Gasteiger partial charge >= 0.3 is 5.97 Å². The summed E-state index contributed by atoms with van der Waals surface area (Å²) in [6.07, 6.45) is 1.51. The van der Waals surface area contributed by atoms with Gasteiger partial charge in [-0.15, -0.1) is 11.3 Å². The maximum absolute atomic E-state index is 11.0. The molecule has 0 bridgehead atoms. The highest BCUT2D eigenvalue weighted by atomic mass is 32.1. The van der Waals surface area contributed by atoms with Crippen LogP contribution in [0.4, 0.5) is 11.5 Å². The second kappa shape index (κ2) is 4.90. The Hall–Kier alpha value is -2.47. The zero-order chi connectivity index (χ0) is 14.1. The van der Waals surface area contributed by atoms with Gasteiger partial charge in [0.2, 0.25) is 0 Å². The smallest absolute Gasteiger partial charge is 0.335 e. The molecule has 100 valence electrons. The Bertz CT molecular complexity index is 798. The molecule has 0 unspecified atom stereocenters. The lowest BCUT2D eigenvalue weighted by Crippen LogP contribution is -1.99. The van der Waals surface area contributed by atoms with Gasteiger partial charge < -0.3 is 10.4 Å². The van der Waals surface area contributed by atoms with Gasteiger partial charge in [0.05, 0.1) is 15.8 Å². The van der Waals surface area contributed by atoms with E-state index in [1.54, 1.807) is 35.6 Å². The van der Waals surface area contributed by atoms with Gasteiger partial charge in [0.25, 0.3) is 0 Å². The van der Waals surface area contributed by atoms with Gasteiger partial charge in [-0.3, -0.25) is 0 Å². The third-order valence-corrected chi connectivity index (χ3v) is 4.00. The number of fused-ring (bicyclic) bond motifs is 1. The summed E-state index contributed by atoms with van der Waals surface area (Å²) in [5.41, 5.74) is 2.95. The Morgan fingerprint density at radius 3 is 3.00 bits per heavy atom. The lowest BCUT2D eigenvalue weighted by atomic mass is 10.2. The van der Waals surface area contributed by atoms with Crippen LogP contribution in [0.3, 0.4) is 0 Å². The van der Waals surface area contributed by atoms with Crippen LogP contribution in [0, 0.1) is 6.92 Å². The van der Waals surface area contributed by atoms with E-state index in [0.717, 1.165) is 15.8 Å².